The third-order valence-electron chi connectivity index (χ3n) is 2.49. The summed E-state index contributed by atoms with van der Waals surface area (Å²) < 4.78 is 10.5. The Labute approximate surface area is 97.6 Å². The minimum Gasteiger partial charge on any atom is -0.468 e. The van der Waals surface area contributed by atoms with Crippen molar-refractivity contribution in [2.24, 2.45) is 0 Å². The molecular weight excluding hydrogens is 204 g/mol. The van der Waals surface area contributed by atoms with Crippen LogP contribution in [0.15, 0.2) is 16.7 Å². The minimum atomic E-state index is 0.750. The summed E-state index contributed by atoms with van der Waals surface area (Å²) in [4.78, 5) is 2.19. The first-order chi connectivity index (χ1) is 7.77. The van der Waals surface area contributed by atoms with Crippen molar-refractivity contribution < 1.29 is 9.15 Å². The molecule has 0 unspecified atom stereocenters. The van der Waals surface area contributed by atoms with Gasteiger partial charge >= 0.3 is 0 Å². The second-order valence-electron chi connectivity index (χ2n) is 3.88. The lowest BCUT2D eigenvalue weighted by Crippen LogP contribution is -2.23. The van der Waals surface area contributed by atoms with Crippen LogP contribution in [0.2, 0.25) is 0 Å². The molecule has 4 nitrogen and oxygen atoms in total. The normalized spacial score (nSPS) is 11.2. The topological polar surface area (TPSA) is 37.6 Å². The molecule has 0 amide bonds. The lowest BCUT2D eigenvalue weighted by molar-refractivity contribution is 0.154. The van der Waals surface area contributed by atoms with Crippen molar-refractivity contribution in [1.82, 2.24) is 10.2 Å². The van der Waals surface area contributed by atoms with Gasteiger partial charge in [-0.1, -0.05) is 6.92 Å². The Bertz CT molecular complexity index is 286. The van der Waals surface area contributed by atoms with E-state index in [4.69, 9.17) is 9.15 Å². The first kappa shape index (κ1) is 13.2. The molecular formula is C12H22N2O2. The van der Waals surface area contributed by atoms with E-state index in [2.05, 4.69) is 24.2 Å². The fourth-order valence-electron chi connectivity index (χ4n) is 1.49. The van der Waals surface area contributed by atoms with Crippen LogP contribution in [0.3, 0.4) is 0 Å². The van der Waals surface area contributed by atoms with Gasteiger partial charge in [0, 0.05) is 25.8 Å². The highest BCUT2D eigenvalue weighted by Crippen LogP contribution is 2.12. The summed E-state index contributed by atoms with van der Waals surface area (Å²) >= 11 is 0. The van der Waals surface area contributed by atoms with E-state index in [-0.39, 0.29) is 0 Å². The molecule has 0 saturated carbocycles. The molecule has 1 aromatic heterocycles. The predicted molar refractivity (Wildman–Crippen MR) is 64.3 cm³/mol. The molecule has 0 bridgehead atoms. The molecule has 0 aliphatic carbocycles. The van der Waals surface area contributed by atoms with E-state index in [0.717, 1.165) is 38.5 Å². The van der Waals surface area contributed by atoms with Crippen LogP contribution < -0.4 is 5.32 Å². The highest BCUT2D eigenvalue weighted by atomic mass is 16.5. The third-order valence-corrected chi connectivity index (χ3v) is 2.49. The van der Waals surface area contributed by atoms with Gasteiger partial charge in [-0.25, -0.2) is 0 Å². The molecule has 1 N–H and O–H groups in total. The molecule has 4 heteroatoms. The van der Waals surface area contributed by atoms with Crippen LogP contribution in [0.4, 0.5) is 0 Å². The van der Waals surface area contributed by atoms with E-state index in [0.29, 0.717) is 0 Å². The summed E-state index contributed by atoms with van der Waals surface area (Å²) in [5.74, 6) is 1.04. The van der Waals surface area contributed by atoms with Crippen molar-refractivity contribution in [3.05, 3.63) is 23.7 Å². The third kappa shape index (κ3) is 4.35. The van der Waals surface area contributed by atoms with Gasteiger partial charge in [0.15, 0.2) is 0 Å². The molecule has 0 radical (unpaired) electrons. The maximum absolute atomic E-state index is 5.49. The van der Waals surface area contributed by atoms with E-state index >= 15 is 0 Å². The predicted octanol–water partition coefficient (Wildman–Crippen LogP) is 1.47. The molecule has 0 aliphatic heterocycles. The van der Waals surface area contributed by atoms with Crippen LogP contribution in [0.5, 0.6) is 0 Å². The number of hydrogen-bond donors (Lipinski definition) is 1. The zero-order valence-corrected chi connectivity index (χ0v) is 10.5. The number of rotatable bonds is 8. The summed E-state index contributed by atoms with van der Waals surface area (Å²) in [7, 11) is 3.79. The highest BCUT2D eigenvalue weighted by molar-refractivity contribution is 5.16. The molecule has 0 fully saturated rings. The molecule has 16 heavy (non-hydrogen) atoms. The lowest BCUT2D eigenvalue weighted by Gasteiger charge is -2.15. The zero-order valence-electron chi connectivity index (χ0n) is 10.5. The summed E-state index contributed by atoms with van der Waals surface area (Å²) in [6, 6.07) is 2.03. The fraction of sp³-hybridized carbons (Fsp3) is 0.667. The van der Waals surface area contributed by atoms with Crippen LogP contribution in [-0.2, 0) is 17.8 Å². The van der Waals surface area contributed by atoms with Gasteiger partial charge in [-0.15, -0.1) is 0 Å². The Morgan fingerprint density at radius 2 is 2.31 bits per heavy atom. The molecule has 0 spiro atoms. The molecule has 0 aliphatic rings. The van der Waals surface area contributed by atoms with Gasteiger partial charge in [0.25, 0.3) is 0 Å². The fourth-order valence-corrected chi connectivity index (χ4v) is 1.49. The highest BCUT2D eigenvalue weighted by Gasteiger charge is 2.08. The average Bonchev–Trinajstić information content (AvgIpc) is 2.71. The average molecular weight is 226 g/mol. The molecule has 1 rings (SSSR count). The number of nitrogens with one attached hydrogen (secondary N) is 1. The Hall–Kier alpha value is -0.840. The summed E-state index contributed by atoms with van der Waals surface area (Å²) in [6.45, 7) is 6.45. The zero-order chi connectivity index (χ0) is 11.8. The van der Waals surface area contributed by atoms with Crippen LogP contribution in [0.1, 0.15) is 18.2 Å². The van der Waals surface area contributed by atoms with Gasteiger partial charge < -0.3 is 14.5 Å². The Morgan fingerprint density at radius 3 is 3.00 bits per heavy atom. The first-order valence-electron chi connectivity index (χ1n) is 5.71. The molecule has 0 saturated heterocycles. The molecule has 1 heterocycles. The van der Waals surface area contributed by atoms with Crippen LogP contribution in [-0.4, -0.2) is 38.8 Å². The second-order valence-corrected chi connectivity index (χ2v) is 3.88. The van der Waals surface area contributed by atoms with E-state index in [9.17, 15) is 0 Å². The SMILES string of the molecule is CCNCc1ccoc1CN(C)CCOC. The van der Waals surface area contributed by atoms with E-state index < -0.39 is 0 Å². The maximum atomic E-state index is 5.49. The van der Waals surface area contributed by atoms with Gasteiger partial charge in [-0.05, 0) is 19.7 Å². The number of ether oxygens (including phenoxy) is 1. The van der Waals surface area contributed by atoms with Gasteiger partial charge in [-0.3, -0.25) is 4.90 Å². The Balaban J connectivity index is 2.42. The summed E-state index contributed by atoms with van der Waals surface area (Å²) in [5, 5.41) is 3.30. The number of nitrogens with zero attached hydrogens (tertiary/aromatic N) is 1. The number of furan rings is 1. The monoisotopic (exact) mass is 226 g/mol. The Kier molecular flexibility index (Phi) is 6.15. The van der Waals surface area contributed by atoms with Crippen molar-refractivity contribution in [3.63, 3.8) is 0 Å². The second kappa shape index (κ2) is 7.44. The van der Waals surface area contributed by atoms with Crippen molar-refractivity contribution >= 4 is 0 Å². The van der Waals surface area contributed by atoms with E-state index in [1.807, 2.05) is 6.07 Å². The van der Waals surface area contributed by atoms with Gasteiger partial charge in [0.2, 0.25) is 0 Å². The number of methoxy groups -OCH3 is 1. The standard InChI is InChI=1S/C12H22N2O2/c1-4-13-9-11-5-7-16-12(11)10-14(2)6-8-15-3/h5,7,13H,4,6,8-10H2,1-3H3. The van der Waals surface area contributed by atoms with Gasteiger partial charge in [0.1, 0.15) is 5.76 Å². The molecule has 92 valence electrons. The van der Waals surface area contributed by atoms with E-state index in [1.165, 1.54) is 5.56 Å². The maximum Gasteiger partial charge on any atom is 0.122 e. The quantitative estimate of drug-likeness (QED) is 0.728. The minimum absolute atomic E-state index is 0.750. The Morgan fingerprint density at radius 1 is 1.50 bits per heavy atom. The van der Waals surface area contributed by atoms with Gasteiger partial charge in [0.05, 0.1) is 19.4 Å². The first-order valence-corrected chi connectivity index (χ1v) is 5.71. The number of hydrogen-bond acceptors (Lipinski definition) is 4. The van der Waals surface area contributed by atoms with Crippen LogP contribution >= 0.6 is 0 Å². The number of likely N-dealkylation sites (N-methyl/N-ethyl adjacent to an activating group) is 1. The summed E-state index contributed by atoms with van der Waals surface area (Å²) in [6.07, 6.45) is 1.76. The van der Waals surface area contributed by atoms with Crippen LogP contribution in [0, 0.1) is 0 Å². The van der Waals surface area contributed by atoms with Crippen molar-refractivity contribution in [1.29, 1.82) is 0 Å². The smallest absolute Gasteiger partial charge is 0.122 e. The van der Waals surface area contributed by atoms with Crippen molar-refractivity contribution in [3.8, 4) is 0 Å². The summed E-state index contributed by atoms with van der Waals surface area (Å²) in [5.41, 5.74) is 1.24. The molecule has 1 aromatic rings. The molecule has 0 aromatic carbocycles. The largest absolute Gasteiger partial charge is 0.468 e. The van der Waals surface area contributed by atoms with Gasteiger partial charge in [-0.2, -0.15) is 0 Å². The van der Waals surface area contributed by atoms with E-state index in [1.54, 1.807) is 13.4 Å². The molecule has 0 atom stereocenters. The van der Waals surface area contributed by atoms with Crippen molar-refractivity contribution in [2.45, 2.75) is 20.0 Å². The van der Waals surface area contributed by atoms with Crippen molar-refractivity contribution in [2.75, 3.05) is 33.9 Å². The lowest BCUT2D eigenvalue weighted by atomic mass is 10.2. The van der Waals surface area contributed by atoms with Crippen LogP contribution in [0.25, 0.3) is 0 Å².